The van der Waals surface area contributed by atoms with Gasteiger partial charge in [-0.25, -0.2) is 4.79 Å². The maximum absolute atomic E-state index is 11.9. The third kappa shape index (κ3) is 3.42. The van der Waals surface area contributed by atoms with Gasteiger partial charge in [0.2, 0.25) is 0 Å². The summed E-state index contributed by atoms with van der Waals surface area (Å²) < 4.78 is 1.52. The molecule has 0 saturated carbocycles. The van der Waals surface area contributed by atoms with E-state index in [1.165, 1.54) is 10.6 Å². The number of carboxylic acids is 1. The Kier molecular flexibility index (Phi) is 4.45. The van der Waals surface area contributed by atoms with Crippen LogP contribution in [0.4, 0.5) is 0 Å². The van der Waals surface area contributed by atoms with E-state index in [0.717, 1.165) is 18.7 Å². The van der Waals surface area contributed by atoms with Crippen molar-refractivity contribution in [1.82, 2.24) is 9.47 Å². The zero-order chi connectivity index (χ0) is 13.0. The molecule has 0 atom stereocenters. The highest BCUT2D eigenvalue weighted by molar-refractivity contribution is 5.87. The summed E-state index contributed by atoms with van der Waals surface area (Å²) in [6.07, 6.45) is 0.816. The van der Waals surface area contributed by atoms with E-state index >= 15 is 0 Å². The molecule has 1 aromatic rings. The van der Waals surface area contributed by atoms with Crippen molar-refractivity contribution in [3.63, 3.8) is 0 Å². The maximum atomic E-state index is 11.9. The van der Waals surface area contributed by atoms with Crippen molar-refractivity contribution >= 4 is 5.97 Å². The molecule has 0 aliphatic rings. The van der Waals surface area contributed by atoms with E-state index in [-0.39, 0.29) is 5.56 Å². The van der Waals surface area contributed by atoms with Crippen molar-refractivity contribution in [2.45, 2.75) is 19.9 Å². The Balaban J connectivity index is 2.94. The molecule has 0 fully saturated rings. The third-order valence-electron chi connectivity index (χ3n) is 2.61. The molecule has 1 rings (SSSR count). The highest BCUT2D eigenvalue weighted by Gasteiger charge is 2.11. The van der Waals surface area contributed by atoms with Gasteiger partial charge in [-0.15, -0.1) is 0 Å². The molecule has 0 radical (unpaired) electrons. The summed E-state index contributed by atoms with van der Waals surface area (Å²) in [5.74, 6) is -1.17. The zero-order valence-electron chi connectivity index (χ0n) is 10.4. The Bertz CT molecular complexity index is 463. The van der Waals surface area contributed by atoms with Gasteiger partial charge >= 0.3 is 5.97 Å². The molecule has 0 aliphatic heterocycles. The number of aromatic nitrogens is 1. The van der Waals surface area contributed by atoms with Crippen LogP contribution in [0.15, 0.2) is 16.9 Å². The fourth-order valence-electron chi connectivity index (χ4n) is 1.66. The Morgan fingerprint density at radius 2 is 2.06 bits per heavy atom. The van der Waals surface area contributed by atoms with E-state index in [1.54, 1.807) is 6.07 Å². The summed E-state index contributed by atoms with van der Waals surface area (Å²) in [4.78, 5) is 24.8. The quantitative estimate of drug-likeness (QED) is 0.824. The van der Waals surface area contributed by atoms with Crippen LogP contribution in [0.3, 0.4) is 0 Å². The van der Waals surface area contributed by atoms with Crippen molar-refractivity contribution in [2.24, 2.45) is 0 Å². The van der Waals surface area contributed by atoms with Crippen LogP contribution in [0.25, 0.3) is 0 Å². The second-order valence-corrected chi connectivity index (χ2v) is 4.31. The van der Waals surface area contributed by atoms with Crippen LogP contribution in [0, 0.1) is 6.92 Å². The Morgan fingerprint density at radius 1 is 1.41 bits per heavy atom. The van der Waals surface area contributed by atoms with Gasteiger partial charge in [0, 0.05) is 12.2 Å². The van der Waals surface area contributed by atoms with Crippen molar-refractivity contribution in [1.29, 1.82) is 0 Å². The number of hydrogen-bond acceptors (Lipinski definition) is 3. The first-order chi connectivity index (χ1) is 7.93. The van der Waals surface area contributed by atoms with Gasteiger partial charge in [-0.05, 0) is 46.1 Å². The number of nitrogens with zero attached hydrogens (tertiary/aromatic N) is 2. The molecule has 1 aromatic heterocycles. The summed E-state index contributed by atoms with van der Waals surface area (Å²) in [6, 6.07) is 3.03. The fraction of sp³-hybridized carbons (Fsp3) is 0.500. The summed E-state index contributed by atoms with van der Waals surface area (Å²) in [6.45, 7) is 3.22. The minimum Gasteiger partial charge on any atom is -0.477 e. The molecule has 5 heteroatoms. The lowest BCUT2D eigenvalue weighted by molar-refractivity contribution is 0.0694. The molecular formula is C12H18N2O3. The van der Waals surface area contributed by atoms with E-state index < -0.39 is 11.5 Å². The number of aromatic carboxylic acids is 1. The van der Waals surface area contributed by atoms with Crippen molar-refractivity contribution in [3.8, 4) is 0 Å². The number of carbonyl (C=O) groups is 1. The summed E-state index contributed by atoms with van der Waals surface area (Å²) >= 11 is 0. The largest absolute Gasteiger partial charge is 0.477 e. The second kappa shape index (κ2) is 5.63. The Morgan fingerprint density at radius 3 is 2.59 bits per heavy atom. The molecule has 5 nitrogen and oxygen atoms in total. The molecule has 17 heavy (non-hydrogen) atoms. The van der Waals surface area contributed by atoms with Gasteiger partial charge in [-0.2, -0.15) is 0 Å². The van der Waals surface area contributed by atoms with E-state index in [9.17, 15) is 9.59 Å². The van der Waals surface area contributed by atoms with Crippen molar-refractivity contribution < 1.29 is 9.90 Å². The van der Waals surface area contributed by atoms with Gasteiger partial charge < -0.3 is 14.6 Å². The number of pyridine rings is 1. The first-order valence-corrected chi connectivity index (χ1v) is 5.52. The van der Waals surface area contributed by atoms with E-state index in [4.69, 9.17) is 5.11 Å². The first-order valence-electron chi connectivity index (χ1n) is 5.52. The first kappa shape index (κ1) is 13.4. The molecule has 0 bridgehead atoms. The van der Waals surface area contributed by atoms with Crippen LogP contribution >= 0.6 is 0 Å². The predicted molar refractivity (Wildman–Crippen MR) is 65.6 cm³/mol. The Hall–Kier alpha value is -1.62. The number of rotatable bonds is 5. The minimum atomic E-state index is -1.17. The van der Waals surface area contributed by atoms with Gasteiger partial charge in [0.25, 0.3) is 5.56 Å². The van der Waals surface area contributed by atoms with Gasteiger partial charge in [-0.1, -0.05) is 0 Å². The van der Waals surface area contributed by atoms with E-state index in [1.807, 2.05) is 25.9 Å². The normalized spacial score (nSPS) is 10.8. The fourth-order valence-corrected chi connectivity index (χ4v) is 1.66. The monoisotopic (exact) mass is 238 g/mol. The predicted octanol–water partition coefficient (Wildman–Crippen LogP) is 0.807. The van der Waals surface area contributed by atoms with Gasteiger partial charge in [0.15, 0.2) is 0 Å². The average molecular weight is 238 g/mol. The zero-order valence-corrected chi connectivity index (χ0v) is 10.4. The Labute approximate surface area is 100 Å². The summed E-state index contributed by atoms with van der Waals surface area (Å²) in [5.41, 5.74) is 0.204. The molecule has 0 aromatic carbocycles. The summed E-state index contributed by atoms with van der Waals surface area (Å²) in [5, 5.41) is 8.87. The van der Waals surface area contributed by atoms with Crippen LogP contribution < -0.4 is 5.56 Å². The standard InChI is InChI=1S/C12H18N2O3/c1-9-5-6-10(12(16)17)11(15)14(9)8-4-7-13(2)3/h5-6H,4,7-8H2,1-3H3,(H,16,17). The second-order valence-electron chi connectivity index (χ2n) is 4.31. The molecule has 0 amide bonds. The van der Waals surface area contributed by atoms with E-state index in [0.29, 0.717) is 6.54 Å². The van der Waals surface area contributed by atoms with Gasteiger partial charge in [-0.3, -0.25) is 4.79 Å². The smallest absolute Gasteiger partial charge is 0.341 e. The molecule has 94 valence electrons. The average Bonchev–Trinajstić information content (AvgIpc) is 2.21. The van der Waals surface area contributed by atoms with Crippen LogP contribution in [0.5, 0.6) is 0 Å². The van der Waals surface area contributed by atoms with E-state index in [2.05, 4.69) is 0 Å². The van der Waals surface area contributed by atoms with Crippen LogP contribution in [-0.2, 0) is 6.54 Å². The molecule has 0 spiro atoms. The number of carboxylic acid groups (broad SMARTS) is 1. The molecule has 0 aliphatic carbocycles. The lowest BCUT2D eigenvalue weighted by Crippen LogP contribution is -2.29. The number of hydrogen-bond donors (Lipinski definition) is 1. The minimum absolute atomic E-state index is 0.166. The molecule has 0 unspecified atom stereocenters. The SMILES string of the molecule is Cc1ccc(C(=O)O)c(=O)n1CCCN(C)C. The number of aryl methyl sites for hydroxylation is 1. The molecule has 1 N–H and O–H groups in total. The van der Waals surface area contributed by atoms with Crippen molar-refractivity contribution in [2.75, 3.05) is 20.6 Å². The van der Waals surface area contributed by atoms with Gasteiger partial charge in [0.1, 0.15) is 5.56 Å². The van der Waals surface area contributed by atoms with Crippen LogP contribution in [0.1, 0.15) is 22.5 Å². The maximum Gasteiger partial charge on any atom is 0.341 e. The lowest BCUT2D eigenvalue weighted by Gasteiger charge is -2.13. The van der Waals surface area contributed by atoms with Gasteiger partial charge in [0.05, 0.1) is 0 Å². The highest BCUT2D eigenvalue weighted by Crippen LogP contribution is 2.00. The topological polar surface area (TPSA) is 62.5 Å². The molecule has 0 saturated heterocycles. The van der Waals surface area contributed by atoms with Crippen molar-refractivity contribution in [3.05, 3.63) is 33.7 Å². The van der Waals surface area contributed by atoms with Crippen LogP contribution in [-0.4, -0.2) is 41.2 Å². The summed E-state index contributed by atoms with van der Waals surface area (Å²) in [7, 11) is 3.92. The lowest BCUT2D eigenvalue weighted by atomic mass is 10.2. The molecular weight excluding hydrogens is 220 g/mol. The molecule has 1 heterocycles. The highest BCUT2D eigenvalue weighted by atomic mass is 16.4. The van der Waals surface area contributed by atoms with Crippen LogP contribution in [0.2, 0.25) is 0 Å². The third-order valence-corrected chi connectivity index (χ3v) is 2.61.